The van der Waals surface area contributed by atoms with Crippen LogP contribution in [-0.2, 0) is 6.54 Å². The molecule has 0 radical (unpaired) electrons. The van der Waals surface area contributed by atoms with E-state index >= 15 is 0 Å². The number of hydrogen-bond donors (Lipinski definition) is 0. The SMILES string of the molecule is CN(Cc1cccc(C#N)c1)C(=O)c1cc(Cl)cnc1OC(F)F. The third kappa shape index (κ3) is 4.40. The van der Waals surface area contributed by atoms with Crippen LogP contribution in [0.3, 0.4) is 0 Å². The second-order valence-corrected chi connectivity index (χ2v) is 5.29. The Morgan fingerprint density at radius 3 is 2.88 bits per heavy atom. The highest BCUT2D eigenvalue weighted by molar-refractivity contribution is 6.30. The van der Waals surface area contributed by atoms with Crippen LogP contribution >= 0.6 is 11.6 Å². The molecule has 0 fully saturated rings. The van der Waals surface area contributed by atoms with E-state index in [1.165, 1.54) is 18.0 Å². The average molecular weight is 352 g/mol. The Morgan fingerprint density at radius 2 is 2.21 bits per heavy atom. The number of nitrogens with zero attached hydrogens (tertiary/aromatic N) is 3. The number of nitriles is 1. The van der Waals surface area contributed by atoms with Gasteiger partial charge in [0.25, 0.3) is 5.91 Å². The Balaban J connectivity index is 2.24. The zero-order valence-corrected chi connectivity index (χ0v) is 13.3. The lowest BCUT2D eigenvalue weighted by Crippen LogP contribution is -2.27. The number of aromatic nitrogens is 1. The number of pyridine rings is 1. The number of rotatable bonds is 5. The molecule has 1 aromatic heterocycles. The maximum Gasteiger partial charge on any atom is 0.388 e. The van der Waals surface area contributed by atoms with Crippen molar-refractivity contribution in [2.75, 3.05) is 7.05 Å². The smallest absolute Gasteiger partial charge is 0.388 e. The van der Waals surface area contributed by atoms with Gasteiger partial charge in [0.05, 0.1) is 16.7 Å². The Kier molecular flexibility index (Phi) is 5.66. The fourth-order valence-electron chi connectivity index (χ4n) is 2.05. The lowest BCUT2D eigenvalue weighted by atomic mass is 10.1. The van der Waals surface area contributed by atoms with Gasteiger partial charge in [0.15, 0.2) is 0 Å². The van der Waals surface area contributed by atoms with Crippen molar-refractivity contribution < 1.29 is 18.3 Å². The second kappa shape index (κ2) is 7.70. The first-order chi connectivity index (χ1) is 11.4. The first-order valence-corrected chi connectivity index (χ1v) is 7.13. The highest BCUT2D eigenvalue weighted by atomic mass is 35.5. The Hall–Kier alpha value is -2.72. The molecule has 0 aliphatic rings. The first-order valence-electron chi connectivity index (χ1n) is 6.75. The van der Waals surface area contributed by atoms with Gasteiger partial charge in [0, 0.05) is 19.8 Å². The standard InChI is InChI=1S/C16H12ClF2N3O2/c1-22(9-11-4-2-3-10(5-11)7-20)15(23)13-6-12(17)8-21-14(13)24-16(18)19/h2-6,8,16H,9H2,1H3. The molecule has 124 valence electrons. The van der Waals surface area contributed by atoms with Crippen molar-refractivity contribution in [3.05, 3.63) is 58.2 Å². The third-order valence-electron chi connectivity index (χ3n) is 3.07. The predicted molar refractivity (Wildman–Crippen MR) is 82.8 cm³/mol. The van der Waals surface area contributed by atoms with E-state index in [0.29, 0.717) is 5.56 Å². The fraction of sp³-hybridized carbons (Fsp3) is 0.188. The summed E-state index contributed by atoms with van der Waals surface area (Å²) in [5, 5.41) is 9.02. The highest BCUT2D eigenvalue weighted by Crippen LogP contribution is 2.23. The molecule has 0 aliphatic carbocycles. The molecule has 2 aromatic rings. The summed E-state index contributed by atoms with van der Waals surface area (Å²) in [5.74, 6) is -1.07. The number of ether oxygens (including phenoxy) is 1. The van der Waals surface area contributed by atoms with E-state index in [4.69, 9.17) is 16.9 Å². The molecular formula is C16H12ClF2N3O2. The molecule has 0 aliphatic heterocycles. The van der Waals surface area contributed by atoms with Crippen LogP contribution in [0.2, 0.25) is 5.02 Å². The number of amides is 1. The minimum Gasteiger partial charge on any atom is -0.416 e. The first kappa shape index (κ1) is 17.6. The van der Waals surface area contributed by atoms with Gasteiger partial charge < -0.3 is 9.64 Å². The molecule has 0 saturated carbocycles. The van der Waals surface area contributed by atoms with Crippen LogP contribution in [-0.4, -0.2) is 29.5 Å². The quantitative estimate of drug-likeness (QED) is 0.827. The van der Waals surface area contributed by atoms with Crippen LogP contribution in [0.15, 0.2) is 36.5 Å². The van der Waals surface area contributed by atoms with Gasteiger partial charge in [-0.05, 0) is 23.8 Å². The number of hydrogen-bond acceptors (Lipinski definition) is 4. The van der Waals surface area contributed by atoms with Crippen molar-refractivity contribution in [2.45, 2.75) is 13.2 Å². The number of halogens is 3. The Morgan fingerprint density at radius 1 is 1.46 bits per heavy atom. The summed E-state index contributed by atoms with van der Waals surface area (Å²) in [7, 11) is 1.49. The zero-order chi connectivity index (χ0) is 17.7. The van der Waals surface area contributed by atoms with Crippen LogP contribution in [0.25, 0.3) is 0 Å². The van der Waals surface area contributed by atoms with Crippen molar-refractivity contribution in [1.29, 1.82) is 5.26 Å². The van der Waals surface area contributed by atoms with Crippen molar-refractivity contribution >= 4 is 17.5 Å². The summed E-state index contributed by atoms with van der Waals surface area (Å²) >= 11 is 5.79. The van der Waals surface area contributed by atoms with Crippen molar-refractivity contribution in [1.82, 2.24) is 9.88 Å². The van der Waals surface area contributed by atoms with E-state index < -0.39 is 18.4 Å². The topological polar surface area (TPSA) is 66.2 Å². The molecule has 0 unspecified atom stereocenters. The Labute approximate surface area is 142 Å². The molecule has 0 atom stereocenters. The summed E-state index contributed by atoms with van der Waals surface area (Å²) in [5.41, 5.74) is 1.01. The van der Waals surface area contributed by atoms with Gasteiger partial charge in [-0.3, -0.25) is 4.79 Å². The zero-order valence-electron chi connectivity index (χ0n) is 12.5. The van der Waals surface area contributed by atoms with Gasteiger partial charge in [0.1, 0.15) is 5.56 Å². The number of carbonyl (C=O) groups is 1. The minimum atomic E-state index is -3.11. The molecule has 5 nitrogen and oxygen atoms in total. The molecule has 8 heteroatoms. The number of alkyl halides is 2. The number of carbonyl (C=O) groups excluding carboxylic acids is 1. The molecule has 0 N–H and O–H groups in total. The van der Waals surface area contributed by atoms with Gasteiger partial charge in [0.2, 0.25) is 5.88 Å². The van der Waals surface area contributed by atoms with Crippen LogP contribution in [0.5, 0.6) is 5.88 Å². The Bertz CT molecular complexity index is 793. The minimum absolute atomic E-state index is 0.125. The van der Waals surface area contributed by atoms with Gasteiger partial charge in [-0.25, -0.2) is 4.98 Å². The van der Waals surface area contributed by atoms with Gasteiger partial charge >= 0.3 is 6.61 Å². The van der Waals surface area contributed by atoms with E-state index in [2.05, 4.69) is 9.72 Å². The van der Waals surface area contributed by atoms with Crippen LogP contribution < -0.4 is 4.74 Å². The molecule has 2 rings (SSSR count). The summed E-state index contributed by atoms with van der Waals surface area (Å²) < 4.78 is 29.2. The monoisotopic (exact) mass is 351 g/mol. The van der Waals surface area contributed by atoms with Gasteiger partial charge in [-0.2, -0.15) is 14.0 Å². The largest absolute Gasteiger partial charge is 0.416 e. The van der Waals surface area contributed by atoms with E-state index in [0.717, 1.165) is 11.8 Å². The molecule has 0 bridgehead atoms. The molecule has 24 heavy (non-hydrogen) atoms. The lowest BCUT2D eigenvalue weighted by molar-refractivity contribution is -0.0533. The molecule has 1 aromatic carbocycles. The van der Waals surface area contributed by atoms with E-state index in [9.17, 15) is 13.6 Å². The highest BCUT2D eigenvalue weighted by Gasteiger charge is 2.21. The predicted octanol–water partition coefficient (Wildman–Crippen LogP) is 3.48. The van der Waals surface area contributed by atoms with Crippen molar-refractivity contribution in [2.24, 2.45) is 0 Å². The molecule has 0 spiro atoms. The normalized spacial score (nSPS) is 10.3. The van der Waals surface area contributed by atoms with E-state index in [1.807, 2.05) is 6.07 Å². The fourth-order valence-corrected chi connectivity index (χ4v) is 2.21. The summed E-state index contributed by atoms with van der Waals surface area (Å²) in [6.45, 7) is -2.93. The van der Waals surface area contributed by atoms with Gasteiger partial charge in [-0.1, -0.05) is 23.7 Å². The molecular weight excluding hydrogens is 340 g/mol. The summed E-state index contributed by atoms with van der Waals surface area (Å²) in [6.07, 6.45) is 1.12. The maximum absolute atomic E-state index is 12.5. The van der Waals surface area contributed by atoms with Crippen LogP contribution in [0.4, 0.5) is 8.78 Å². The van der Waals surface area contributed by atoms with E-state index in [-0.39, 0.29) is 17.1 Å². The maximum atomic E-state index is 12.5. The van der Waals surface area contributed by atoms with Gasteiger partial charge in [-0.15, -0.1) is 0 Å². The van der Waals surface area contributed by atoms with E-state index in [1.54, 1.807) is 24.3 Å². The average Bonchev–Trinajstić information content (AvgIpc) is 2.55. The second-order valence-electron chi connectivity index (χ2n) is 4.86. The summed E-state index contributed by atoms with van der Waals surface area (Å²) in [6, 6.07) is 9.94. The molecule has 1 heterocycles. The lowest BCUT2D eigenvalue weighted by Gasteiger charge is -2.19. The van der Waals surface area contributed by atoms with Crippen LogP contribution in [0.1, 0.15) is 21.5 Å². The van der Waals surface area contributed by atoms with Crippen LogP contribution in [0, 0.1) is 11.3 Å². The molecule has 1 amide bonds. The third-order valence-corrected chi connectivity index (χ3v) is 3.28. The van der Waals surface area contributed by atoms with Crippen molar-refractivity contribution in [3.8, 4) is 11.9 Å². The summed E-state index contributed by atoms with van der Waals surface area (Å²) in [4.78, 5) is 17.4. The number of benzene rings is 1. The molecule has 0 saturated heterocycles. The van der Waals surface area contributed by atoms with Crippen molar-refractivity contribution in [3.63, 3.8) is 0 Å².